The van der Waals surface area contributed by atoms with E-state index in [1.807, 2.05) is 0 Å². The molecule has 0 heterocycles. The van der Waals surface area contributed by atoms with Gasteiger partial charge in [-0.05, 0) is 26.0 Å². The fourth-order valence-corrected chi connectivity index (χ4v) is 1.46. The molecule has 0 unspecified atom stereocenters. The molecule has 14 heavy (non-hydrogen) atoms. The van der Waals surface area contributed by atoms with E-state index in [9.17, 15) is 8.78 Å². The van der Waals surface area contributed by atoms with Crippen molar-refractivity contribution in [3.63, 3.8) is 0 Å². The first-order chi connectivity index (χ1) is 6.25. The van der Waals surface area contributed by atoms with Crippen LogP contribution in [0.5, 0.6) is 0 Å². The monoisotopic (exact) mass is 263 g/mol. The summed E-state index contributed by atoms with van der Waals surface area (Å²) in [6, 6.07) is 6.02. The van der Waals surface area contributed by atoms with Crippen LogP contribution in [0.4, 0.5) is 8.78 Å². The zero-order valence-electron chi connectivity index (χ0n) is 8.02. The fraction of sp³-hybridized carbons (Fsp3) is 0.400. The molecule has 1 aromatic rings. The second kappa shape index (κ2) is 3.59. The molecule has 0 aromatic heterocycles. The van der Waals surface area contributed by atoms with E-state index in [2.05, 4.69) is 15.9 Å². The number of alkyl halides is 2. The minimum Gasteiger partial charge on any atom is -0.320 e. The van der Waals surface area contributed by atoms with E-state index in [0.717, 1.165) is 0 Å². The van der Waals surface area contributed by atoms with E-state index >= 15 is 0 Å². The number of hydrogen-bond donors (Lipinski definition) is 1. The van der Waals surface area contributed by atoms with Gasteiger partial charge in [-0.2, -0.15) is 8.78 Å². The molecule has 4 heteroatoms. The van der Waals surface area contributed by atoms with Gasteiger partial charge >= 0.3 is 0 Å². The summed E-state index contributed by atoms with van der Waals surface area (Å²) in [6.07, 6.45) is 0. The summed E-state index contributed by atoms with van der Waals surface area (Å²) in [5.41, 5.74) is 3.80. The van der Waals surface area contributed by atoms with Crippen LogP contribution < -0.4 is 5.73 Å². The van der Waals surface area contributed by atoms with Crippen molar-refractivity contribution in [3.8, 4) is 0 Å². The van der Waals surface area contributed by atoms with Gasteiger partial charge in [0.15, 0.2) is 0 Å². The molecule has 2 N–H and O–H groups in total. The Kier molecular flexibility index (Phi) is 2.97. The Morgan fingerprint density at radius 1 is 1.29 bits per heavy atom. The Balaban J connectivity index is 3.16. The van der Waals surface area contributed by atoms with Crippen molar-refractivity contribution in [2.24, 2.45) is 5.73 Å². The van der Waals surface area contributed by atoms with Crippen LogP contribution in [0.1, 0.15) is 19.4 Å². The molecule has 0 bridgehead atoms. The van der Waals surface area contributed by atoms with Crippen molar-refractivity contribution in [2.45, 2.75) is 25.3 Å². The maximum absolute atomic E-state index is 13.7. The summed E-state index contributed by atoms with van der Waals surface area (Å²) in [6.45, 7) is 2.63. The number of halogens is 3. The van der Waals surface area contributed by atoms with Crippen LogP contribution in [0.3, 0.4) is 0 Å². The number of hydrogen-bond acceptors (Lipinski definition) is 1. The molecule has 78 valence electrons. The van der Waals surface area contributed by atoms with Gasteiger partial charge in [0.25, 0.3) is 5.92 Å². The first kappa shape index (κ1) is 11.6. The molecule has 0 aliphatic rings. The Morgan fingerprint density at radius 3 is 2.29 bits per heavy atom. The van der Waals surface area contributed by atoms with Gasteiger partial charge in [0.2, 0.25) is 0 Å². The minimum atomic E-state index is -3.03. The Morgan fingerprint density at radius 2 is 1.86 bits per heavy atom. The summed E-state index contributed by atoms with van der Waals surface area (Å²) < 4.78 is 28.0. The third-order valence-electron chi connectivity index (χ3n) is 2.00. The second-order valence-corrected chi connectivity index (χ2v) is 4.72. The van der Waals surface area contributed by atoms with Crippen molar-refractivity contribution < 1.29 is 8.78 Å². The summed E-state index contributed by atoms with van der Waals surface area (Å²) in [5, 5.41) is 0. The molecule has 1 nitrogen and oxygen atoms in total. The van der Waals surface area contributed by atoms with Crippen LogP contribution in [0.15, 0.2) is 28.7 Å². The van der Waals surface area contributed by atoms with Crippen molar-refractivity contribution in [2.75, 3.05) is 0 Å². The lowest BCUT2D eigenvalue weighted by molar-refractivity contribution is -0.0673. The van der Waals surface area contributed by atoms with Gasteiger partial charge in [-0.25, -0.2) is 0 Å². The molecule has 0 saturated heterocycles. The average Bonchev–Trinajstić information content (AvgIpc) is 2.02. The lowest BCUT2D eigenvalue weighted by atomic mass is 9.91. The highest BCUT2D eigenvalue weighted by Crippen LogP contribution is 2.37. The Hall–Kier alpha value is -0.480. The first-order valence-electron chi connectivity index (χ1n) is 4.18. The normalized spacial score (nSPS) is 13.0. The van der Waals surface area contributed by atoms with Gasteiger partial charge in [0.05, 0.1) is 5.54 Å². The highest BCUT2D eigenvalue weighted by Gasteiger charge is 2.45. The second-order valence-electron chi connectivity index (χ2n) is 3.81. The molecule has 0 spiro atoms. The van der Waals surface area contributed by atoms with E-state index < -0.39 is 11.5 Å². The molecule has 1 rings (SSSR count). The van der Waals surface area contributed by atoms with Gasteiger partial charge in [-0.1, -0.05) is 28.1 Å². The van der Waals surface area contributed by atoms with Crippen molar-refractivity contribution in [1.82, 2.24) is 0 Å². The quantitative estimate of drug-likeness (QED) is 0.871. The smallest absolute Gasteiger partial charge is 0.290 e. The van der Waals surface area contributed by atoms with E-state index in [4.69, 9.17) is 5.73 Å². The maximum atomic E-state index is 13.7. The SMILES string of the molecule is CC(C)(N)C(F)(F)c1cccc(Br)c1. The predicted octanol–water partition coefficient (Wildman–Crippen LogP) is 3.28. The van der Waals surface area contributed by atoms with Crippen LogP contribution in [-0.2, 0) is 5.92 Å². The van der Waals surface area contributed by atoms with Crippen molar-refractivity contribution >= 4 is 15.9 Å². The fourth-order valence-electron chi connectivity index (χ4n) is 1.06. The van der Waals surface area contributed by atoms with E-state index in [1.54, 1.807) is 12.1 Å². The Labute approximate surface area is 90.4 Å². The Bertz CT molecular complexity index is 331. The van der Waals surface area contributed by atoms with Gasteiger partial charge in [0, 0.05) is 10.0 Å². The summed E-state index contributed by atoms with van der Waals surface area (Å²) in [4.78, 5) is 0. The number of rotatable bonds is 2. The van der Waals surface area contributed by atoms with Crippen molar-refractivity contribution in [1.29, 1.82) is 0 Å². The predicted molar refractivity (Wildman–Crippen MR) is 56.3 cm³/mol. The van der Waals surface area contributed by atoms with Gasteiger partial charge in [-0.3, -0.25) is 0 Å². The van der Waals surface area contributed by atoms with Gasteiger partial charge < -0.3 is 5.73 Å². The highest BCUT2D eigenvalue weighted by atomic mass is 79.9. The number of nitrogens with two attached hydrogens (primary N) is 1. The molecule has 0 aliphatic carbocycles. The average molecular weight is 264 g/mol. The van der Waals surface area contributed by atoms with Crippen LogP contribution in [0.2, 0.25) is 0 Å². The summed E-state index contributed by atoms with van der Waals surface area (Å²) in [5.74, 6) is -3.03. The minimum absolute atomic E-state index is 0.0700. The highest BCUT2D eigenvalue weighted by molar-refractivity contribution is 9.10. The number of benzene rings is 1. The molecule has 0 amide bonds. The molecule has 0 aliphatic heterocycles. The topological polar surface area (TPSA) is 26.0 Å². The molecule has 0 saturated carbocycles. The zero-order chi connectivity index (χ0) is 11.0. The molecular formula is C10H12BrF2N. The van der Waals surface area contributed by atoms with Gasteiger partial charge in [-0.15, -0.1) is 0 Å². The molecule has 0 atom stereocenters. The van der Waals surface area contributed by atoms with E-state index in [1.165, 1.54) is 26.0 Å². The van der Waals surface area contributed by atoms with E-state index in [-0.39, 0.29) is 5.56 Å². The van der Waals surface area contributed by atoms with E-state index in [0.29, 0.717) is 4.47 Å². The standard InChI is InChI=1S/C10H12BrF2N/c1-9(2,14)10(12,13)7-4-3-5-8(11)6-7/h3-6H,14H2,1-2H3. The maximum Gasteiger partial charge on any atom is 0.290 e. The first-order valence-corrected chi connectivity index (χ1v) is 4.97. The summed E-state index contributed by atoms with van der Waals surface area (Å²) in [7, 11) is 0. The summed E-state index contributed by atoms with van der Waals surface area (Å²) >= 11 is 3.15. The van der Waals surface area contributed by atoms with Crippen LogP contribution in [0.25, 0.3) is 0 Å². The van der Waals surface area contributed by atoms with Crippen molar-refractivity contribution in [3.05, 3.63) is 34.3 Å². The lowest BCUT2D eigenvalue weighted by Crippen LogP contribution is -2.48. The zero-order valence-corrected chi connectivity index (χ0v) is 9.61. The lowest BCUT2D eigenvalue weighted by Gasteiger charge is -2.30. The molecule has 0 radical (unpaired) electrons. The van der Waals surface area contributed by atoms with Gasteiger partial charge in [0.1, 0.15) is 0 Å². The largest absolute Gasteiger partial charge is 0.320 e. The van der Waals surface area contributed by atoms with Crippen LogP contribution in [0, 0.1) is 0 Å². The third-order valence-corrected chi connectivity index (χ3v) is 2.49. The molecule has 1 aromatic carbocycles. The van der Waals surface area contributed by atoms with Crippen LogP contribution >= 0.6 is 15.9 Å². The molecular weight excluding hydrogens is 252 g/mol. The molecule has 0 fully saturated rings. The third kappa shape index (κ3) is 2.12. The van der Waals surface area contributed by atoms with Crippen LogP contribution in [-0.4, -0.2) is 5.54 Å².